The summed E-state index contributed by atoms with van der Waals surface area (Å²) in [6.07, 6.45) is 3.24. The van der Waals surface area contributed by atoms with Gasteiger partial charge in [0.15, 0.2) is 0 Å². The van der Waals surface area contributed by atoms with Crippen LogP contribution in [-0.2, 0) is 4.79 Å². The van der Waals surface area contributed by atoms with Crippen LogP contribution >= 0.6 is 11.6 Å². The lowest BCUT2D eigenvalue weighted by molar-refractivity contribution is -0.117. The first kappa shape index (κ1) is 16.3. The number of aryl methyl sites for hydroxylation is 1. The average molecular weight is 340 g/mol. The average Bonchev–Trinajstić information content (AvgIpc) is 3.00. The van der Waals surface area contributed by atoms with Crippen molar-refractivity contribution in [3.8, 4) is 0 Å². The number of carbonyl (C=O) groups is 1. The summed E-state index contributed by atoms with van der Waals surface area (Å²) >= 11 is 6.09. The van der Waals surface area contributed by atoms with Gasteiger partial charge in [-0.25, -0.2) is 4.98 Å². The normalized spacial score (nSPS) is 12.6. The van der Waals surface area contributed by atoms with Crippen LogP contribution in [0.4, 0.5) is 0 Å². The van der Waals surface area contributed by atoms with E-state index in [9.17, 15) is 4.79 Å². The van der Waals surface area contributed by atoms with E-state index in [1.54, 1.807) is 6.08 Å². The van der Waals surface area contributed by atoms with Crippen LogP contribution in [-0.4, -0.2) is 15.9 Å². The van der Waals surface area contributed by atoms with Crippen LogP contribution in [0.25, 0.3) is 17.1 Å². The van der Waals surface area contributed by atoms with Crippen molar-refractivity contribution in [2.24, 2.45) is 0 Å². The first-order valence-electron chi connectivity index (χ1n) is 7.72. The van der Waals surface area contributed by atoms with Crippen LogP contribution in [0.3, 0.4) is 0 Å². The molecule has 0 fully saturated rings. The van der Waals surface area contributed by atoms with Gasteiger partial charge in [-0.05, 0) is 49.2 Å². The lowest BCUT2D eigenvalue weighted by Crippen LogP contribution is -2.25. The van der Waals surface area contributed by atoms with Gasteiger partial charge >= 0.3 is 0 Å². The van der Waals surface area contributed by atoms with E-state index in [1.807, 2.05) is 56.3 Å². The molecule has 1 aromatic heterocycles. The maximum Gasteiger partial charge on any atom is 0.244 e. The van der Waals surface area contributed by atoms with E-state index in [-0.39, 0.29) is 11.9 Å². The van der Waals surface area contributed by atoms with Crippen molar-refractivity contribution in [3.63, 3.8) is 0 Å². The van der Waals surface area contributed by atoms with E-state index < -0.39 is 0 Å². The van der Waals surface area contributed by atoms with Crippen molar-refractivity contribution in [2.45, 2.75) is 19.9 Å². The molecule has 24 heavy (non-hydrogen) atoms. The second-order valence-electron chi connectivity index (χ2n) is 5.71. The van der Waals surface area contributed by atoms with E-state index >= 15 is 0 Å². The maximum absolute atomic E-state index is 12.1. The molecule has 0 aliphatic rings. The summed E-state index contributed by atoms with van der Waals surface area (Å²) in [5, 5.41) is 3.59. The van der Waals surface area contributed by atoms with E-state index in [4.69, 9.17) is 11.6 Å². The van der Waals surface area contributed by atoms with Gasteiger partial charge in [-0.3, -0.25) is 4.79 Å². The Morgan fingerprint density at radius 2 is 2.08 bits per heavy atom. The second kappa shape index (κ2) is 6.89. The molecule has 1 amide bonds. The van der Waals surface area contributed by atoms with Crippen LogP contribution in [0.15, 0.2) is 48.5 Å². The smallest absolute Gasteiger partial charge is 0.244 e. The Hall–Kier alpha value is -2.59. The number of H-pyrrole nitrogens is 1. The van der Waals surface area contributed by atoms with Gasteiger partial charge in [-0.1, -0.05) is 35.9 Å². The van der Waals surface area contributed by atoms with Gasteiger partial charge in [0.25, 0.3) is 0 Å². The number of hydrogen-bond acceptors (Lipinski definition) is 2. The maximum atomic E-state index is 12.1. The highest BCUT2D eigenvalue weighted by Gasteiger charge is 2.12. The highest BCUT2D eigenvalue weighted by Crippen LogP contribution is 2.18. The Morgan fingerprint density at radius 1 is 1.29 bits per heavy atom. The topological polar surface area (TPSA) is 57.8 Å². The second-order valence-corrected chi connectivity index (χ2v) is 6.12. The van der Waals surface area contributed by atoms with Crippen molar-refractivity contribution in [1.82, 2.24) is 15.3 Å². The number of nitrogens with one attached hydrogen (secondary N) is 2. The largest absolute Gasteiger partial charge is 0.343 e. The zero-order valence-electron chi connectivity index (χ0n) is 13.5. The molecule has 0 spiro atoms. The summed E-state index contributed by atoms with van der Waals surface area (Å²) < 4.78 is 0. The Bertz CT molecular complexity index is 881. The van der Waals surface area contributed by atoms with E-state index in [2.05, 4.69) is 15.3 Å². The fourth-order valence-corrected chi connectivity index (χ4v) is 2.58. The number of hydrogen-bond donors (Lipinski definition) is 2. The first-order chi connectivity index (χ1) is 11.5. The number of fused-ring (bicyclic) bond motifs is 1. The standard InChI is InChI=1S/C19H18ClN3O/c1-12-7-8-14(11-15(12)20)9-10-18(24)21-13(2)19-22-16-5-3-4-6-17(16)23-19/h3-11,13H,1-2H3,(H,21,24)(H,22,23)/b10-9+. The predicted molar refractivity (Wildman–Crippen MR) is 97.9 cm³/mol. The van der Waals surface area contributed by atoms with E-state index in [0.29, 0.717) is 5.02 Å². The summed E-state index contributed by atoms with van der Waals surface area (Å²) in [5.74, 6) is 0.552. The molecule has 1 heterocycles. The summed E-state index contributed by atoms with van der Waals surface area (Å²) in [6, 6.07) is 13.3. The third kappa shape index (κ3) is 3.66. The number of imidazole rings is 1. The van der Waals surface area contributed by atoms with Crippen molar-refractivity contribution in [3.05, 3.63) is 70.5 Å². The molecule has 4 nitrogen and oxygen atoms in total. The minimum Gasteiger partial charge on any atom is -0.343 e. The Kier molecular flexibility index (Phi) is 4.67. The molecule has 0 saturated carbocycles. The van der Waals surface area contributed by atoms with Crippen molar-refractivity contribution in [1.29, 1.82) is 0 Å². The fourth-order valence-electron chi connectivity index (χ4n) is 2.39. The molecular weight excluding hydrogens is 322 g/mol. The van der Waals surface area contributed by atoms with E-state index in [1.165, 1.54) is 6.08 Å². The van der Waals surface area contributed by atoms with Gasteiger partial charge in [0.05, 0.1) is 17.1 Å². The SMILES string of the molecule is Cc1ccc(/C=C/C(=O)NC(C)c2nc3ccccc3[nH]2)cc1Cl. The molecule has 2 N–H and O–H groups in total. The molecule has 0 saturated heterocycles. The zero-order chi connectivity index (χ0) is 17.1. The van der Waals surface area contributed by atoms with Crippen LogP contribution < -0.4 is 5.32 Å². The van der Waals surface area contributed by atoms with Crippen molar-refractivity contribution < 1.29 is 4.79 Å². The number of amides is 1. The number of aromatic amines is 1. The van der Waals surface area contributed by atoms with Gasteiger partial charge in [-0.15, -0.1) is 0 Å². The number of halogens is 1. The molecular formula is C19H18ClN3O. The number of aromatic nitrogens is 2. The predicted octanol–water partition coefficient (Wildman–Crippen LogP) is 4.42. The Labute approximate surface area is 145 Å². The van der Waals surface area contributed by atoms with Crippen LogP contribution in [0.5, 0.6) is 0 Å². The highest BCUT2D eigenvalue weighted by molar-refractivity contribution is 6.31. The lowest BCUT2D eigenvalue weighted by atomic mass is 10.1. The van der Waals surface area contributed by atoms with Gasteiger partial charge in [-0.2, -0.15) is 0 Å². The molecule has 1 unspecified atom stereocenters. The summed E-state index contributed by atoms with van der Waals surface area (Å²) in [7, 11) is 0. The molecule has 3 aromatic rings. The monoisotopic (exact) mass is 339 g/mol. The summed E-state index contributed by atoms with van der Waals surface area (Å²) in [4.78, 5) is 19.8. The number of nitrogens with zero attached hydrogens (tertiary/aromatic N) is 1. The van der Waals surface area contributed by atoms with Gasteiger partial charge in [0.1, 0.15) is 5.82 Å². The quantitative estimate of drug-likeness (QED) is 0.691. The number of rotatable bonds is 4. The van der Waals surface area contributed by atoms with Gasteiger partial charge in [0, 0.05) is 11.1 Å². The number of para-hydroxylation sites is 2. The fraction of sp³-hybridized carbons (Fsp3) is 0.158. The van der Waals surface area contributed by atoms with Gasteiger partial charge < -0.3 is 10.3 Å². The molecule has 0 aliphatic heterocycles. The molecule has 122 valence electrons. The summed E-state index contributed by atoms with van der Waals surface area (Å²) in [6.45, 7) is 3.84. The molecule has 0 bridgehead atoms. The minimum absolute atomic E-state index is 0.181. The molecule has 1 atom stereocenters. The molecule has 0 aliphatic carbocycles. The third-order valence-electron chi connectivity index (χ3n) is 3.80. The van der Waals surface area contributed by atoms with Crippen LogP contribution in [0.2, 0.25) is 5.02 Å². The highest BCUT2D eigenvalue weighted by atomic mass is 35.5. The van der Waals surface area contributed by atoms with Crippen LogP contribution in [0.1, 0.15) is 29.9 Å². The Balaban J connectivity index is 1.67. The number of carbonyl (C=O) groups excluding carboxylic acids is 1. The first-order valence-corrected chi connectivity index (χ1v) is 8.10. The van der Waals surface area contributed by atoms with Crippen molar-refractivity contribution >= 4 is 34.6 Å². The zero-order valence-corrected chi connectivity index (χ0v) is 14.3. The lowest BCUT2D eigenvalue weighted by Gasteiger charge is -2.09. The number of benzene rings is 2. The molecule has 3 rings (SSSR count). The molecule has 0 radical (unpaired) electrons. The minimum atomic E-state index is -0.212. The third-order valence-corrected chi connectivity index (χ3v) is 4.21. The molecule has 5 heteroatoms. The van der Waals surface area contributed by atoms with E-state index in [0.717, 1.165) is 28.0 Å². The van der Waals surface area contributed by atoms with Crippen LogP contribution in [0, 0.1) is 6.92 Å². The summed E-state index contributed by atoms with van der Waals surface area (Å²) in [5.41, 5.74) is 3.74. The Morgan fingerprint density at radius 3 is 2.83 bits per heavy atom. The van der Waals surface area contributed by atoms with Gasteiger partial charge in [0.2, 0.25) is 5.91 Å². The molecule has 2 aromatic carbocycles. The van der Waals surface area contributed by atoms with Crippen molar-refractivity contribution in [2.75, 3.05) is 0 Å².